The van der Waals surface area contributed by atoms with Gasteiger partial charge in [0.25, 0.3) is 5.91 Å². The van der Waals surface area contributed by atoms with Crippen LogP contribution in [-0.2, 0) is 6.18 Å². The third kappa shape index (κ3) is 4.04. The van der Waals surface area contributed by atoms with Gasteiger partial charge < -0.3 is 15.4 Å². The number of aromatic nitrogens is 2. The number of hydrogen-bond acceptors (Lipinski definition) is 5. The number of methoxy groups -OCH3 is 1. The van der Waals surface area contributed by atoms with Gasteiger partial charge in [0, 0.05) is 24.0 Å². The highest BCUT2D eigenvalue weighted by Crippen LogP contribution is 2.32. The number of rotatable bonds is 5. The SMILES string of the molecule is COc1cccc(Nc2ncc(C(=O)NC3CCC3)c(C(F)(F)F)n2)c1. The van der Waals surface area contributed by atoms with Gasteiger partial charge in [-0.05, 0) is 31.4 Å². The molecule has 1 amide bonds. The summed E-state index contributed by atoms with van der Waals surface area (Å²) in [7, 11) is 1.48. The third-order valence-electron chi connectivity index (χ3n) is 4.07. The number of halogens is 3. The lowest BCUT2D eigenvalue weighted by Gasteiger charge is -2.26. The maximum atomic E-state index is 13.4. The first-order valence-corrected chi connectivity index (χ1v) is 8.03. The third-order valence-corrected chi connectivity index (χ3v) is 4.07. The van der Waals surface area contributed by atoms with Crippen molar-refractivity contribution in [3.8, 4) is 5.75 Å². The zero-order valence-electron chi connectivity index (χ0n) is 13.9. The van der Waals surface area contributed by atoms with Crippen LogP contribution in [0, 0.1) is 0 Å². The molecule has 2 N–H and O–H groups in total. The van der Waals surface area contributed by atoms with Crippen LogP contribution >= 0.6 is 0 Å². The smallest absolute Gasteiger partial charge is 0.434 e. The maximum Gasteiger partial charge on any atom is 0.434 e. The van der Waals surface area contributed by atoms with Crippen molar-refractivity contribution in [2.75, 3.05) is 12.4 Å². The first-order chi connectivity index (χ1) is 12.4. The summed E-state index contributed by atoms with van der Waals surface area (Å²) >= 11 is 0. The average Bonchev–Trinajstić information content (AvgIpc) is 2.57. The van der Waals surface area contributed by atoms with E-state index < -0.39 is 23.3 Å². The zero-order chi connectivity index (χ0) is 18.7. The number of ether oxygens (including phenoxy) is 1. The first-order valence-electron chi connectivity index (χ1n) is 8.03. The van der Waals surface area contributed by atoms with Gasteiger partial charge in [-0.2, -0.15) is 13.2 Å². The van der Waals surface area contributed by atoms with Crippen LogP contribution in [0.5, 0.6) is 5.75 Å². The topological polar surface area (TPSA) is 76.1 Å². The second kappa shape index (κ2) is 7.19. The molecule has 1 saturated carbocycles. The highest BCUT2D eigenvalue weighted by atomic mass is 19.4. The molecule has 0 unspecified atom stereocenters. The van der Waals surface area contributed by atoms with Crippen molar-refractivity contribution >= 4 is 17.5 Å². The van der Waals surface area contributed by atoms with Gasteiger partial charge in [-0.1, -0.05) is 6.07 Å². The van der Waals surface area contributed by atoms with Crippen LogP contribution in [0.25, 0.3) is 0 Å². The highest BCUT2D eigenvalue weighted by Gasteiger charge is 2.38. The van der Waals surface area contributed by atoms with Crippen LogP contribution in [0.15, 0.2) is 30.5 Å². The molecule has 9 heteroatoms. The van der Waals surface area contributed by atoms with E-state index in [0.717, 1.165) is 25.5 Å². The van der Waals surface area contributed by atoms with Gasteiger partial charge >= 0.3 is 6.18 Å². The molecule has 26 heavy (non-hydrogen) atoms. The molecule has 1 aromatic heterocycles. The van der Waals surface area contributed by atoms with E-state index in [4.69, 9.17) is 4.74 Å². The van der Waals surface area contributed by atoms with E-state index >= 15 is 0 Å². The minimum absolute atomic E-state index is 0.0850. The molecule has 1 aliphatic rings. The molecular weight excluding hydrogens is 349 g/mol. The number of carbonyl (C=O) groups excluding carboxylic acids is 1. The summed E-state index contributed by atoms with van der Waals surface area (Å²) in [6.45, 7) is 0. The van der Waals surface area contributed by atoms with Crippen molar-refractivity contribution in [3.63, 3.8) is 0 Å². The molecule has 0 bridgehead atoms. The van der Waals surface area contributed by atoms with Gasteiger partial charge in [0.15, 0.2) is 5.69 Å². The van der Waals surface area contributed by atoms with Gasteiger partial charge in [-0.25, -0.2) is 9.97 Å². The molecule has 138 valence electrons. The van der Waals surface area contributed by atoms with E-state index in [-0.39, 0.29) is 12.0 Å². The summed E-state index contributed by atoms with van der Waals surface area (Å²) in [5.74, 6) is -0.539. The van der Waals surface area contributed by atoms with Crippen LogP contribution in [0.3, 0.4) is 0 Å². The van der Waals surface area contributed by atoms with Crippen LogP contribution in [0.2, 0.25) is 0 Å². The molecule has 6 nitrogen and oxygen atoms in total. The molecule has 1 aliphatic carbocycles. The van der Waals surface area contributed by atoms with Crippen LogP contribution < -0.4 is 15.4 Å². The number of amides is 1. The van der Waals surface area contributed by atoms with Crippen molar-refractivity contribution in [1.82, 2.24) is 15.3 Å². The zero-order valence-corrected chi connectivity index (χ0v) is 13.9. The largest absolute Gasteiger partial charge is 0.497 e. The van der Waals surface area contributed by atoms with E-state index in [1.807, 2.05) is 0 Å². The van der Waals surface area contributed by atoms with Gasteiger partial charge in [0.1, 0.15) is 5.75 Å². The molecule has 1 aromatic carbocycles. The Labute approximate surface area is 147 Å². The van der Waals surface area contributed by atoms with Gasteiger partial charge in [0.2, 0.25) is 5.95 Å². The lowest BCUT2D eigenvalue weighted by Crippen LogP contribution is -2.40. The molecule has 0 atom stereocenters. The van der Waals surface area contributed by atoms with Gasteiger partial charge in [-0.15, -0.1) is 0 Å². The molecule has 0 aliphatic heterocycles. The number of benzene rings is 1. The summed E-state index contributed by atoms with van der Waals surface area (Å²) in [5.41, 5.74) is -1.39. The lowest BCUT2D eigenvalue weighted by molar-refractivity contribution is -0.141. The van der Waals surface area contributed by atoms with Crippen molar-refractivity contribution in [1.29, 1.82) is 0 Å². The van der Waals surface area contributed by atoms with Crippen molar-refractivity contribution in [2.45, 2.75) is 31.5 Å². The molecule has 2 aromatic rings. The van der Waals surface area contributed by atoms with E-state index in [0.29, 0.717) is 11.4 Å². The number of nitrogens with one attached hydrogen (secondary N) is 2. The van der Waals surface area contributed by atoms with Crippen LogP contribution in [0.4, 0.5) is 24.8 Å². The average molecular weight is 366 g/mol. The summed E-state index contributed by atoms with van der Waals surface area (Å²) in [6, 6.07) is 6.51. The van der Waals surface area contributed by atoms with Crippen LogP contribution in [0.1, 0.15) is 35.3 Å². The summed E-state index contributed by atoms with van der Waals surface area (Å²) in [5, 5.41) is 5.26. The fourth-order valence-corrected chi connectivity index (χ4v) is 2.47. The number of carbonyl (C=O) groups is 1. The normalized spacial score (nSPS) is 14.5. The summed E-state index contributed by atoms with van der Waals surface area (Å²) in [4.78, 5) is 19.5. The van der Waals surface area contributed by atoms with Gasteiger partial charge in [0.05, 0.1) is 12.7 Å². The fraction of sp³-hybridized carbons (Fsp3) is 0.353. The monoisotopic (exact) mass is 366 g/mol. The van der Waals surface area contributed by atoms with Gasteiger partial charge in [-0.3, -0.25) is 4.79 Å². The second-order valence-corrected chi connectivity index (χ2v) is 5.91. The van der Waals surface area contributed by atoms with Crippen LogP contribution in [-0.4, -0.2) is 29.0 Å². The predicted octanol–water partition coefficient (Wildman–Crippen LogP) is 3.53. The van der Waals surface area contributed by atoms with E-state index in [1.54, 1.807) is 24.3 Å². The van der Waals surface area contributed by atoms with E-state index in [2.05, 4.69) is 20.6 Å². The summed E-state index contributed by atoms with van der Waals surface area (Å²) in [6.07, 6.45) is -1.39. The number of hydrogen-bond donors (Lipinski definition) is 2. The van der Waals surface area contributed by atoms with Crippen molar-refractivity contribution in [3.05, 3.63) is 41.7 Å². The fourth-order valence-electron chi connectivity index (χ4n) is 2.47. The molecule has 0 radical (unpaired) electrons. The Morgan fingerprint density at radius 3 is 2.69 bits per heavy atom. The minimum Gasteiger partial charge on any atom is -0.497 e. The molecule has 1 heterocycles. The summed E-state index contributed by atoms with van der Waals surface area (Å²) < 4.78 is 45.1. The van der Waals surface area contributed by atoms with Crippen molar-refractivity contribution in [2.24, 2.45) is 0 Å². The predicted molar refractivity (Wildman–Crippen MR) is 88.4 cm³/mol. The molecule has 0 spiro atoms. The first kappa shape index (κ1) is 18.0. The molecule has 0 saturated heterocycles. The number of alkyl halides is 3. The Bertz CT molecular complexity index is 807. The number of anilines is 2. The quantitative estimate of drug-likeness (QED) is 0.847. The van der Waals surface area contributed by atoms with Crippen molar-refractivity contribution < 1.29 is 22.7 Å². The maximum absolute atomic E-state index is 13.4. The molecule has 1 fully saturated rings. The molecular formula is C17H17F3N4O2. The Kier molecular flexibility index (Phi) is 4.97. The lowest BCUT2D eigenvalue weighted by atomic mass is 9.93. The minimum atomic E-state index is -4.78. The Morgan fingerprint density at radius 1 is 1.31 bits per heavy atom. The second-order valence-electron chi connectivity index (χ2n) is 5.91. The van der Waals surface area contributed by atoms with E-state index in [1.165, 1.54) is 7.11 Å². The Balaban J connectivity index is 1.87. The molecule has 3 rings (SSSR count). The Morgan fingerprint density at radius 2 is 2.08 bits per heavy atom. The highest BCUT2D eigenvalue weighted by molar-refractivity contribution is 5.95. The standard InChI is InChI=1S/C17H17F3N4O2/c1-26-12-7-3-6-11(8-12)23-16-21-9-13(14(24-16)17(18,19)20)15(25)22-10-4-2-5-10/h3,6-10H,2,4-5H2,1H3,(H,22,25)(H,21,23,24). The Hall–Kier alpha value is -2.84. The van der Waals surface area contributed by atoms with E-state index in [9.17, 15) is 18.0 Å². The number of nitrogens with zero attached hydrogens (tertiary/aromatic N) is 2.